The van der Waals surface area contributed by atoms with Gasteiger partial charge in [-0.25, -0.2) is 0 Å². The maximum absolute atomic E-state index is 9.87. The molecule has 4 nitrogen and oxygen atoms in total. The summed E-state index contributed by atoms with van der Waals surface area (Å²) in [5.41, 5.74) is -0.0195. The molecule has 0 aromatic rings. The summed E-state index contributed by atoms with van der Waals surface area (Å²) < 4.78 is 11.4. The van der Waals surface area contributed by atoms with Crippen molar-refractivity contribution in [3.8, 4) is 0 Å². The van der Waals surface area contributed by atoms with E-state index in [0.29, 0.717) is 18.1 Å². The molecule has 2 aliphatic carbocycles. The van der Waals surface area contributed by atoms with Crippen LogP contribution in [-0.4, -0.2) is 49.2 Å². The minimum atomic E-state index is -0.0195. The number of ether oxygens (including phenoxy) is 2. The first-order chi connectivity index (χ1) is 9.82. The largest absolute Gasteiger partial charge is 0.394 e. The van der Waals surface area contributed by atoms with Crippen LogP contribution < -0.4 is 5.32 Å². The Morgan fingerprint density at radius 1 is 1.20 bits per heavy atom. The number of hydrogen-bond donors (Lipinski definition) is 2. The number of nitrogens with one attached hydrogen (secondary N) is 1. The van der Waals surface area contributed by atoms with Gasteiger partial charge in [0.15, 0.2) is 0 Å². The first-order valence-electron chi connectivity index (χ1n) is 8.40. The van der Waals surface area contributed by atoms with Crippen molar-refractivity contribution < 1.29 is 14.6 Å². The summed E-state index contributed by atoms with van der Waals surface area (Å²) in [5, 5.41) is 13.6. The van der Waals surface area contributed by atoms with Crippen molar-refractivity contribution in [2.45, 2.75) is 69.1 Å². The Morgan fingerprint density at radius 2 is 2.10 bits per heavy atom. The quantitative estimate of drug-likeness (QED) is 0.668. The van der Waals surface area contributed by atoms with E-state index in [4.69, 9.17) is 9.47 Å². The Bertz CT molecular complexity index is 302. The maximum Gasteiger partial charge on any atom is 0.0809 e. The van der Waals surface area contributed by atoms with E-state index in [-0.39, 0.29) is 12.1 Å². The van der Waals surface area contributed by atoms with Crippen molar-refractivity contribution in [3.05, 3.63) is 0 Å². The molecule has 3 unspecified atom stereocenters. The van der Waals surface area contributed by atoms with E-state index in [2.05, 4.69) is 5.32 Å². The minimum Gasteiger partial charge on any atom is -0.394 e. The van der Waals surface area contributed by atoms with Crippen LogP contribution in [-0.2, 0) is 9.47 Å². The fraction of sp³-hybridized carbons (Fsp3) is 1.00. The second-order valence-electron chi connectivity index (χ2n) is 6.82. The van der Waals surface area contributed by atoms with Gasteiger partial charge in [0.1, 0.15) is 0 Å². The molecular formula is C16H29NO3. The molecule has 0 aromatic carbocycles. The molecule has 0 bridgehead atoms. The molecule has 3 fully saturated rings. The second-order valence-corrected chi connectivity index (χ2v) is 6.82. The van der Waals surface area contributed by atoms with Crippen molar-refractivity contribution in [3.63, 3.8) is 0 Å². The summed E-state index contributed by atoms with van der Waals surface area (Å²) in [7, 11) is 0. The van der Waals surface area contributed by atoms with E-state index in [9.17, 15) is 5.11 Å². The average Bonchev–Trinajstić information content (AvgIpc) is 2.97. The summed E-state index contributed by atoms with van der Waals surface area (Å²) in [6.07, 6.45) is 9.85. The van der Waals surface area contributed by atoms with Crippen LogP contribution >= 0.6 is 0 Å². The summed E-state index contributed by atoms with van der Waals surface area (Å²) in [4.78, 5) is 0. The van der Waals surface area contributed by atoms with Gasteiger partial charge in [0.2, 0.25) is 0 Å². The van der Waals surface area contributed by atoms with Gasteiger partial charge in [-0.2, -0.15) is 0 Å². The van der Waals surface area contributed by atoms with Crippen LogP contribution in [0.4, 0.5) is 0 Å². The molecule has 2 saturated carbocycles. The topological polar surface area (TPSA) is 50.7 Å². The number of aliphatic hydroxyl groups excluding tert-OH is 1. The van der Waals surface area contributed by atoms with Crippen molar-refractivity contribution >= 4 is 0 Å². The van der Waals surface area contributed by atoms with E-state index < -0.39 is 0 Å². The summed E-state index contributed by atoms with van der Waals surface area (Å²) in [6.45, 7) is 2.73. The highest BCUT2D eigenvalue weighted by Crippen LogP contribution is 2.40. The van der Waals surface area contributed by atoms with Crippen LogP contribution in [0.15, 0.2) is 0 Å². The molecule has 116 valence electrons. The Kier molecular flexibility index (Phi) is 4.97. The van der Waals surface area contributed by atoms with Crippen LogP contribution in [0.2, 0.25) is 0 Å². The van der Waals surface area contributed by atoms with E-state index in [0.717, 1.165) is 39.1 Å². The molecule has 3 rings (SSSR count). The van der Waals surface area contributed by atoms with Crippen molar-refractivity contribution in [2.75, 3.05) is 26.4 Å². The van der Waals surface area contributed by atoms with Crippen LogP contribution in [0.1, 0.15) is 51.4 Å². The zero-order chi connectivity index (χ0) is 13.8. The Labute approximate surface area is 122 Å². The van der Waals surface area contributed by atoms with Gasteiger partial charge in [0, 0.05) is 24.8 Å². The molecule has 4 heteroatoms. The molecule has 1 saturated heterocycles. The molecule has 0 amide bonds. The van der Waals surface area contributed by atoms with Crippen molar-refractivity contribution in [1.29, 1.82) is 0 Å². The van der Waals surface area contributed by atoms with Crippen LogP contribution in [0.25, 0.3) is 0 Å². The zero-order valence-electron chi connectivity index (χ0n) is 12.5. The molecule has 0 spiro atoms. The molecule has 1 aliphatic heterocycles. The average molecular weight is 283 g/mol. The zero-order valence-corrected chi connectivity index (χ0v) is 12.5. The van der Waals surface area contributed by atoms with Gasteiger partial charge < -0.3 is 19.9 Å². The SMILES string of the molecule is OCC1(NC2CC2)CCCC1CCOCC1CCCO1. The van der Waals surface area contributed by atoms with Gasteiger partial charge in [0.05, 0.1) is 19.3 Å². The van der Waals surface area contributed by atoms with E-state index in [1.54, 1.807) is 0 Å². The molecule has 3 aliphatic rings. The lowest BCUT2D eigenvalue weighted by atomic mass is 9.85. The molecule has 3 atom stereocenters. The highest BCUT2D eigenvalue weighted by atomic mass is 16.5. The third-order valence-electron chi connectivity index (χ3n) is 5.25. The van der Waals surface area contributed by atoms with Crippen molar-refractivity contribution in [2.24, 2.45) is 5.92 Å². The maximum atomic E-state index is 9.87. The first kappa shape index (κ1) is 14.8. The van der Waals surface area contributed by atoms with Gasteiger partial charge in [0.25, 0.3) is 0 Å². The number of rotatable bonds is 8. The van der Waals surface area contributed by atoms with Gasteiger partial charge in [-0.05, 0) is 50.9 Å². The normalized spacial score (nSPS) is 37.6. The van der Waals surface area contributed by atoms with E-state index in [1.165, 1.54) is 32.1 Å². The van der Waals surface area contributed by atoms with Crippen LogP contribution in [0.5, 0.6) is 0 Å². The van der Waals surface area contributed by atoms with Crippen molar-refractivity contribution in [1.82, 2.24) is 5.32 Å². The number of aliphatic hydroxyl groups is 1. The van der Waals surface area contributed by atoms with E-state index in [1.807, 2.05) is 0 Å². The molecule has 20 heavy (non-hydrogen) atoms. The lowest BCUT2D eigenvalue weighted by Gasteiger charge is -2.35. The highest BCUT2D eigenvalue weighted by molar-refractivity contribution is 5.02. The third kappa shape index (κ3) is 3.53. The molecular weight excluding hydrogens is 254 g/mol. The number of hydrogen-bond acceptors (Lipinski definition) is 4. The fourth-order valence-corrected chi connectivity index (χ4v) is 3.86. The summed E-state index contributed by atoms with van der Waals surface area (Å²) in [5.74, 6) is 0.567. The van der Waals surface area contributed by atoms with Gasteiger partial charge in [-0.1, -0.05) is 6.42 Å². The van der Waals surface area contributed by atoms with E-state index >= 15 is 0 Å². The lowest BCUT2D eigenvalue weighted by Crippen LogP contribution is -2.52. The Balaban J connectivity index is 1.40. The summed E-state index contributed by atoms with van der Waals surface area (Å²) in [6, 6.07) is 0.663. The van der Waals surface area contributed by atoms with Crippen LogP contribution in [0, 0.1) is 5.92 Å². The molecule has 0 aromatic heterocycles. The van der Waals surface area contributed by atoms with Gasteiger partial charge in [-0.3, -0.25) is 0 Å². The predicted octanol–water partition coefficient (Wildman–Crippen LogP) is 1.86. The third-order valence-corrected chi connectivity index (χ3v) is 5.25. The lowest BCUT2D eigenvalue weighted by molar-refractivity contribution is 0.00783. The van der Waals surface area contributed by atoms with Crippen LogP contribution in [0.3, 0.4) is 0 Å². The smallest absolute Gasteiger partial charge is 0.0809 e. The molecule has 0 radical (unpaired) electrons. The summed E-state index contributed by atoms with van der Waals surface area (Å²) >= 11 is 0. The minimum absolute atomic E-state index is 0.0195. The monoisotopic (exact) mass is 283 g/mol. The molecule has 1 heterocycles. The Hall–Kier alpha value is -0.160. The predicted molar refractivity (Wildman–Crippen MR) is 77.7 cm³/mol. The van der Waals surface area contributed by atoms with Gasteiger partial charge >= 0.3 is 0 Å². The fourth-order valence-electron chi connectivity index (χ4n) is 3.86. The van der Waals surface area contributed by atoms with Gasteiger partial charge in [-0.15, -0.1) is 0 Å². The Morgan fingerprint density at radius 3 is 2.80 bits per heavy atom. The molecule has 2 N–H and O–H groups in total. The standard InChI is InChI=1S/C16H29NO3/c18-12-16(17-14-5-6-14)8-1-3-13(16)7-10-19-11-15-4-2-9-20-15/h13-15,17-18H,1-12H2. The first-order valence-corrected chi connectivity index (χ1v) is 8.40. The second kappa shape index (κ2) is 6.73. The highest BCUT2D eigenvalue weighted by Gasteiger charge is 2.44.